The molecule has 2 heteroatoms. The molecule has 0 saturated heterocycles. The molecule has 1 aliphatic rings. The van der Waals surface area contributed by atoms with Crippen molar-refractivity contribution in [3.8, 4) is 0 Å². The molecule has 4 rings (SSSR count). The van der Waals surface area contributed by atoms with E-state index < -0.39 is 0 Å². The Morgan fingerprint density at radius 2 is 1.69 bits per heavy atom. The summed E-state index contributed by atoms with van der Waals surface area (Å²) in [6.45, 7) is 14.7. The zero-order valence-corrected chi connectivity index (χ0v) is 21.9. The topological polar surface area (TPSA) is 15.3 Å². The largest absolute Gasteiger partial charge is 0.367 e. The van der Waals surface area contributed by atoms with Gasteiger partial charge < -0.3 is 10.2 Å². The van der Waals surface area contributed by atoms with Crippen LogP contribution in [0, 0.1) is 0 Å². The Bertz CT molecular complexity index is 1110. The van der Waals surface area contributed by atoms with E-state index in [9.17, 15) is 0 Å². The molecule has 0 spiro atoms. The lowest BCUT2D eigenvalue weighted by Gasteiger charge is -2.32. The first-order valence-corrected chi connectivity index (χ1v) is 13.6. The Kier molecular flexibility index (Phi) is 8.82. The van der Waals surface area contributed by atoms with E-state index in [4.69, 9.17) is 0 Å². The third kappa shape index (κ3) is 6.24. The molecule has 1 N–H and O–H groups in total. The Balaban J connectivity index is 1.56. The normalized spacial score (nSPS) is 15.0. The molecule has 0 amide bonds. The van der Waals surface area contributed by atoms with Crippen LogP contribution in [0.2, 0.25) is 0 Å². The summed E-state index contributed by atoms with van der Waals surface area (Å²) >= 11 is 0. The van der Waals surface area contributed by atoms with Crippen LogP contribution in [0.3, 0.4) is 0 Å². The first-order chi connectivity index (χ1) is 17.1. The number of anilines is 1. The van der Waals surface area contributed by atoms with Crippen LogP contribution in [0.25, 0.3) is 6.08 Å². The van der Waals surface area contributed by atoms with E-state index in [2.05, 4.69) is 98.2 Å². The Labute approximate surface area is 213 Å². The van der Waals surface area contributed by atoms with Gasteiger partial charge in [-0.25, -0.2) is 0 Å². The van der Waals surface area contributed by atoms with Gasteiger partial charge in [-0.2, -0.15) is 0 Å². The van der Waals surface area contributed by atoms with Crippen LogP contribution < -0.4 is 10.2 Å². The van der Waals surface area contributed by atoms with Gasteiger partial charge in [0.1, 0.15) is 0 Å². The molecule has 0 unspecified atom stereocenters. The number of benzene rings is 3. The highest BCUT2D eigenvalue weighted by atomic mass is 15.1. The number of rotatable bonds is 11. The van der Waals surface area contributed by atoms with Crippen molar-refractivity contribution in [1.29, 1.82) is 0 Å². The lowest BCUT2D eigenvalue weighted by molar-refractivity contribution is 0.582. The second kappa shape index (κ2) is 12.2. The summed E-state index contributed by atoms with van der Waals surface area (Å²) in [4.78, 5) is 2.58. The summed E-state index contributed by atoms with van der Waals surface area (Å²) in [7, 11) is 0. The van der Waals surface area contributed by atoms with Gasteiger partial charge in [-0.1, -0.05) is 81.1 Å². The third-order valence-electron chi connectivity index (χ3n) is 7.60. The number of fused-ring (bicyclic) bond motifs is 1. The van der Waals surface area contributed by atoms with Crippen LogP contribution in [0.1, 0.15) is 72.1 Å². The molecule has 3 aromatic carbocycles. The summed E-state index contributed by atoms with van der Waals surface area (Å²) in [5.41, 5.74) is 11.4. The van der Waals surface area contributed by atoms with Crippen molar-refractivity contribution in [2.75, 3.05) is 24.5 Å². The Morgan fingerprint density at radius 3 is 2.40 bits per heavy atom. The minimum absolute atomic E-state index is 0.570. The number of hydrogen-bond acceptors (Lipinski definition) is 2. The standard InChI is InChI=1S/C33H42N2/c1-5-25-13-15-30-23-31(17-16-29(30)21-25)32-18-14-26(6-2)22-33(32)35(8-4)24-28-11-9-27(10-12-28)19-20-34-7-3/h5,9-15,18,21-22,31,34H,1,6-8,16-17,19-20,23-24H2,2-4H3/t31-/m1/s1. The molecule has 0 aromatic heterocycles. The van der Waals surface area contributed by atoms with Gasteiger partial charge in [0, 0.05) is 18.8 Å². The van der Waals surface area contributed by atoms with Crippen molar-refractivity contribution >= 4 is 11.8 Å². The second-order valence-electron chi connectivity index (χ2n) is 9.85. The lowest BCUT2D eigenvalue weighted by atomic mass is 9.78. The molecule has 2 nitrogen and oxygen atoms in total. The van der Waals surface area contributed by atoms with Crippen molar-refractivity contribution in [2.24, 2.45) is 0 Å². The fourth-order valence-corrected chi connectivity index (χ4v) is 5.40. The monoisotopic (exact) mass is 466 g/mol. The van der Waals surface area contributed by atoms with Gasteiger partial charge in [0.05, 0.1) is 0 Å². The van der Waals surface area contributed by atoms with E-state index in [0.717, 1.165) is 51.9 Å². The summed E-state index contributed by atoms with van der Waals surface area (Å²) in [5.74, 6) is 0.570. The molecule has 0 radical (unpaired) electrons. The second-order valence-corrected chi connectivity index (χ2v) is 9.85. The number of hydrogen-bond donors (Lipinski definition) is 1. The van der Waals surface area contributed by atoms with Gasteiger partial charge in [0.25, 0.3) is 0 Å². The average Bonchev–Trinajstić information content (AvgIpc) is 2.91. The number of aryl methyl sites for hydroxylation is 2. The molecule has 35 heavy (non-hydrogen) atoms. The van der Waals surface area contributed by atoms with E-state index >= 15 is 0 Å². The van der Waals surface area contributed by atoms with Gasteiger partial charge in [-0.3, -0.25) is 0 Å². The quantitative estimate of drug-likeness (QED) is 0.297. The summed E-state index contributed by atoms with van der Waals surface area (Å²) in [6, 6.07) is 23.4. The van der Waals surface area contributed by atoms with E-state index in [1.165, 1.54) is 51.1 Å². The molecule has 0 saturated carbocycles. The summed E-state index contributed by atoms with van der Waals surface area (Å²) in [5, 5.41) is 3.42. The molecule has 0 bridgehead atoms. The van der Waals surface area contributed by atoms with E-state index in [1.807, 2.05) is 6.08 Å². The highest BCUT2D eigenvalue weighted by Crippen LogP contribution is 2.38. The number of nitrogens with one attached hydrogen (secondary N) is 1. The predicted octanol–water partition coefficient (Wildman–Crippen LogP) is 7.34. The van der Waals surface area contributed by atoms with Crippen molar-refractivity contribution in [1.82, 2.24) is 5.32 Å². The van der Waals surface area contributed by atoms with E-state index in [0.29, 0.717) is 5.92 Å². The smallest absolute Gasteiger partial charge is 0.0429 e. The first-order valence-electron chi connectivity index (χ1n) is 13.6. The highest BCUT2D eigenvalue weighted by Gasteiger charge is 2.24. The van der Waals surface area contributed by atoms with Gasteiger partial charge in [-0.15, -0.1) is 0 Å². The molecule has 0 aliphatic heterocycles. The zero-order valence-electron chi connectivity index (χ0n) is 21.9. The fraction of sp³-hybridized carbons (Fsp3) is 0.394. The molecular weight excluding hydrogens is 424 g/mol. The van der Waals surface area contributed by atoms with E-state index in [1.54, 1.807) is 0 Å². The van der Waals surface area contributed by atoms with Crippen LogP contribution in [-0.2, 0) is 32.2 Å². The van der Waals surface area contributed by atoms with Gasteiger partial charge in [0.15, 0.2) is 0 Å². The molecule has 0 fully saturated rings. The van der Waals surface area contributed by atoms with Crippen LogP contribution in [0.5, 0.6) is 0 Å². The molecule has 3 aromatic rings. The van der Waals surface area contributed by atoms with Crippen molar-refractivity contribution in [2.45, 2.75) is 65.3 Å². The molecule has 184 valence electrons. The average molecular weight is 467 g/mol. The van der Waals surface area contributed by atoms with E-state index in [-0.39, 0.29) is 0 Å². The maximum atomic E-state index is 3.95. The van der Waals surface area contributed by atoms with Crippen molar-refractivity contribution in [3.05, 3.63) is 106 Å². The van der Waals surface area contributed by atoms with Crippen LogP contribution in [0.4, 0.5) is 5.69 Å². The summed E-state index contributed by atoms with van der Waals surface area (Å²) < 4.78 is 0. The third-order valence-corrected chi connectivity index (χ3v) is 7.60. The first kappa shape index (κ1) is 25.3. The highest BCUT2D eigenvalue weighted by molar-refractivity contribution is 5.59. The lowest BCUT2D eigenvalue weighted by Crippen LogP contribution is -2.25. The minimum atomic E-state index is 0.570. The maximum absolute atomic E-state index is 3.95. The molecule has 0 heterocycles. The number of likely N-dealkylation sites (N-methyl/N-ethyl adjacent to an activating group) is 1. The maximum Gasteiger partial charge on any atom is 0.0429 e. The van der Waals surface area contributed by atoms with Crippen molar-refractivity contribution in [3.63, 3.8) is 0 Å². The number of nitrogens with zero attached hydrogens (tertiary/aromatic N) is 1. The molecule has 1 aliphatic carbocycles. The van der Waals surface area contributed by atoms with Crippen LogP contribution in [-0.4, -0.2) is 19.6 Å². The van der Waals surface area contributed by atoms with Crippen LogP contribution >= 0.6 is 0 Å². The van der Waals surface area contributed by atoms with Crippen molar-refractivity contribution < 1.29 is 0 Å². The molecule has 1 atom stereocenters. The molecular formula is C33H42N2. The van der Waals surface area contributed by atoms with Gasteiger partial charge in [-0.05, 0) is 103 Å². The minimum Gasteiger partial charge on any atom is -0.367 e. The SMILES string of the molecule is C=Cc1ccc2c(c1)CC[C@@H](c1ccc(CC)cc1N(CC)Cc1ccc(CCNCC)cc1)C2. The van der Waals surface area contributed by atoms with Gasteiger partial charge in [0.2, 0.25) is 0 Å². The zero-order chi connectivity index (χ0) is 24.6. The predicted molar refractivity (Wildman–Crippen MR) is 153 cm³/mol. The fourth-order valence-electron chi connectivity index (χ4n) is 5.40. The van der Waals surface area contributed by atoms with Crippen LogP contribution in [0.15, 0.2) is 67.2 Å². The Hall–Kier alpha value is -2.84. The summed E-state index contributed by atoms with van der Waals surface area (Å²) in [6.07, 6.45) is 7.61. The Morgan fingerprint density at radius 1 is 0.914 bits per heavy atom. The van der Waals surface area contributed by atoms with Gasteiger partial charge >= 0.3 is 0 Å².